The maximum Gasteiger partial charge on any atom is 0.263 e. The maximum atomic E-state index is 13.0. The Hall–Kier alpha value is -1.64. The minimum absolute atomic E-state index is 0.0522. The lowest BCUT2D eigenvalue weighted by Crippen LogP contribution is -2.41. The third-order valence-corrected chi connectivity index (χ3v) is 8.19. The highest BCUT2D eigenvalue weighted by molar-refractivity contribution is 8.00. The lowest BCUT2D eigenvalue weighted by molar-refractivity contribution is -0.131. The molecule has 4 rings (SSSR count). The highest BCUT2D eigenvalue weighted by atomic mass is 32.2. The van der Waals surface area contributed by atoms with Gasteiger partial charge in [-0.3, -0.25) is 14.2 Å². The third kappa shape index (κ3) is 3.65. The van der Waals surface area contributed by atoms with Crippen LogP contribution < -0.4 is 5.56 Å². The van der Waals surface area contributed by atoms with Crippen molar-refractivity contribution in [3.8, 4) is 10.4 Å². The molecule has 148 valence electrons. The van der Waals surface area contributed by atoms with E-state index < -0.39 is 0 Å². The van der Waals surface area contributed by atoms with Gasteiger partial charge in [0.2, 0.25) is 5.91 Å². The summed E-state index contributed by atoms with van der Waals surface area (Å²) in [4.78, 5) is 34.4. The summed E-state index contributed by atoms with van der Waals surface area (Å²) >= 11 is 4.49. The van der Waals surface area contributed by atoms with Gasteiger partial charge in [-0.1, -0.05) is 24.8 Å². The van der Waals surface area contributed by atoms with E-state index in [-0.39, 0.29) is 16.7 Å². The van der Waals surface area contributed by atoms with Crippen LogP contribution in [0.25, 0.3) is 20.7 Å². The van der Waals surface area contributed by atoms with Crippen LogP contribution in [0.2, 0.25) is 0 Å². The molecule has 1 saturated heterocycles. The fourth-order valence-electron chi connectivity index (χ4n) is 3.47. The SMILES string of the molecule is CC1CCN(C(=O)C(C)Sc2nc3scc(-c4cccs4)c3c(=O)n2C)CC1. The summed E-state index contributed by atoms with van der Waals surface area (Å²) in [5.74, 6) is 0.824. The van der Waals surface area contributed by atoms with Crippen LogP contribution in [-0.4, -0.2) is 38.7 Å². The molecule has 0 aromatic carbocycles. The van der Waals surface area contributed by atoms with Crippen LogP contribution in [0, 0.1) is 5.92 Å². The molecule has 3 aromatic heterocycles. The molecule has 3 aromatic rings. The van der Waals surface area contributed by atoms with Gasteiger partial charge in [-0.25, -0.2) is 4.98 Å². The monoisotopic (exact) mass is 433 g/mol. The van der Waals surface area contributed by atoms with Crippen molar-refractivity contribution in [1.29, 1.82) is 0 Å². The lowest BCUT2D eigenvalue weighted by Gasteiger charge is -2.32. The highest BCUT2D eigenvalue weighted by Crippen LogP contribution is 2.35. The van der Waals surface area contributed by atoms with Gasteiger partial charge in [0, 0.05) is 36.0 Å². The number of amides is 1. The molecule has 1 aliphatic rings. The summed E-state index contributed by atoms with van der Waals surface area (Å²) in [6.45, 7) is 5.80. The van der Waals surface area contributed by atoms with E-state index in [9.17, 15) is 9.59 Å². The fourth-order valence-corrected chi connectivity index (χ4v) is 6.23. The van der Waals surface area contributed by atoms with Crippen LogP contribution in [0.5, 0.6) is 0 Å². The summed E-state index contributed by atoms with van der Waals surface area (Å²) in [5, 5.41) is 5.02. The largest absolute Gasteiger partial charge is 0.342 e. The average molecular weight is 434 g/mol. The van der Waals surface area contributed by atoms with Crippen LogP contribution in [0.1, 0.15) is 26.7 Å². The number of rotatable bonds is 4. The third-order valence-electron chi connectivity index (χ3n) is 5.29. The number of thioether (sulfide) groups is 1. The summed E-state index contributed by atoms with van der Waals surface area (Å²) < 4.78 is 1.58. The van der Waals surface area contributed by atoms with Gasteiger partial charge >= 0.3 is 0 Å². The van der Waals surface area contributed by atoms with Crippen molar-refractivity contribution in [2.75, 3.05) is 13.1 Å². The smallest absolute Gasteiger partial charge is 0.263 e. The van der Waals surface area contributed by atoms with E-state index in [1.165, 1.54) is 23.1 Å². The van der Waals surface area contributed by atoms with Crippen molar-refractivity contribution in [3.63, 3.8) is 0 Å². The zero-order valence-electron chi connectivity index (χ0n) is 16.2. The molecule has 1 atom stereocenters. The maximum absolute atomic E-state index is 13.0. The van der Waals surface area contributed by atoms with E-state index in [2.05, 4.69) is 6.92 Å². The molecule has 28 heavy (non-hydrogen) atoms. The van der Waals surface area contributed by atoms with Crippen LogP contribution in [0.3, 0.4) is 0 Å². The minimum atomic E-state index is -0.263. The molecule has 4 heterocycles. The standard InChI is InChI=1S/C20H23N3O2S3/c1-12-6-8-23(9-7-12)18(24)13(2)28-20-21-17-16(19(25)22(20)3)14(11-27-17)15-5-4-10-26-15/h4-5,10-13H,6-9H2,1-3H3. The van der Waals surface area contributed by atoms with Gasteiger partial charge in [0.15, 0.2) is 5.16 Å². The fraction of sp³-hybridized carbons (Fsp3) is 0.450. The minimum Gasteiger partial charge on any atom is -0.342 e. The van der Waals surface area contributed by atoms with Gasteiger partial charge in [0.1, 0.15) is 4.83 Å². The number of carbonyl (C=O) groups is 1. The lowest BCUT2D eigenvalue weighted by atomic mass is 9.99. The molecule has 1 aliphatic heterocycles. The Morgan fingerprint density at radius 2 is 2.07 bits per heavy atom. The Balaban J connectivity index is 1.60. The molecule has 8 heteroatoms. The summed E-state index contributed by atoms with van der Waals surface area (Å²) in [6, 6.07) is 4.01. The van der Waals surface area contributed by atoms with Gasteiger partial charge in [0.05, 0.1) is 10.6 Å². The van der Waals surface area contributed by atoms with Crippen LogP contribution in [0.4, 0.5) is 0 Å². The normalized spacial score (nSPS) is 16.6. The van der Waals surface area contributed by atoms with Crippen molar-refractivity contribution in [3.05, 3.63) is 33.2 Å². The predicted molar refractivity (Wildman–Crippen MR) is 118 cm³/mol. The van der Waals surface area contributed by atoms with Crippen molar-refractivity contribution in [2.45, 2.75) is 37.1 Å². The number of aromatic nitrogens is 2. The first-order valence-corrected chi connectivity index (χ1v) is 12.1. The Bertz CT molecular complexity index is 1050. The van der Waals surface area contributed by atoms with Crippen molar-refractivity contribution >= 4 is 50.6 Å². The summed E-state index contributed by atoms with van der Waals surface area (Å²) in [7, 11) is 1.74. The van der Waals surface area contributed by atoms with E-state index in [1.807, 2.05) is 34.7 Å². The molecule has 5 nitrogen and oxygen atoms in total. The van der Waals surface area contributed by atoms with E-state index >= 15 is 0 Å². The molecule has 0 radical (unpaired) electrons. The van der Waals surface area contributed by atoms with Gasteiger partial charge in [-0.15, -0.1) is 22.7 Å². The summed E-state index contributed by atoms with van der Waals surface area (Å²) in [5.41, 5.74) is 0.898. The molecular formula is C20H23N3O2S3. The number of fused-ring (bicyclic) bond motifs is 1. The molecule has 0 spiro atoms. The summed E-state index contributed by atoms with van der Waals surface area (Å²) in [6.07, 6.45) is 2.12. The van der Waals surface area contributed by atoms with Gasteiger partial charge in [0.25, 0.3) is 5.56 Å². The molecule has 0 N–H and O–H groups in total. The second kappa shape index (κ2) is 8.00. The zero-order valence-corrected chi connectivity index (χ0v) is 18.6. The number of nitrogens with zero attached hydrogens (tertiary/aromatic N) is 3. The van der Waals surface area contributed by atoms with E-state index in [0.29, 0.717) is 16.5 Å². The van der Waals surface area contributed by atoms with Gasteiger partial charge < -0.3 is 4.90 Å². The first kappa shape index (κ1) is 19.7. The predicted octanol–water partition coefficient (Wildman–Crippen LogP) is 4.46. The highest BCUT2D eigenvalue weighted by Gasteiger charge is 2.26. The molecule has 0 aliphatic carbocycles. The number of hydrogen-bond acceptors (Lipinski definition) is 6. The molecule has 0 saturated carbocycles. The Morgan fingerprint density at radius 1 is 1.32 bits per heavy atom. The van der Waals surface area contributed by atoms with Crippen molar-refractivity contribution < 1.29 is 4.79 Å². The van der Waals surface area contributed by atoms with E-state index in [4.69, 9.17) is 4.98 Å². The van der Waals surface area contributed by atoms with Gasteiger partial charge in [-0.05, 0) is 37.1 Å². The Morgan fingerprint density at radius 3 is 2.75 bits per heavy atom. The number of piperidine rings is 1. The molecule has 1 unspecified atom stereocenters. The Kier molecular flexibility index (Phi) is 5.62. The van der Waals surface area contributed by atoms with Crippen LogP contribution in [0.15, 0.2) is 32.8 Å². The average Bonchev–Trinajstić information content (AvgIpc) is 3.35. The molecule has 0 bridgehead atoms. The number of carbonyl (C=O) groups excluding carboxylic acids is 1. The molecule has 1 amide bonds. The topological polar surface area (TPSA) is 55.2 Å². The number of likely N-dealkylation sites (tertiary alicyclic amines) is 1. The van der Waals surface area contributed by atoms with Gasteiger partial charge in [-0.2, -0.15) is 0 Å². The van der Waals surface area contributed by atoms with E-state index in [1.54, 1.807) is 23.0 Å². The molecule has 1 fully saturated rings. The first-order chi connectivity index (χ1) is 13.5. The second-order valence-electron chi connectivity index (χ2n) is 7.33. The Labute approximate surface area is 176 Å². The van der Waals surface area contributed by atoms with Crippen molar-refractivity contribution in [1.82, 2.24) is 14.5 Å². The van der Waals surface area contributed by atoms with E-state index in [0.717, 1.165) is 41.2 Å². The molecular weight excluding hydrogens is 410 g/mol. The van der Waals surface area contributed by atoms with Crippen molar-refractivity contribution in [2.24, 2.45) is 13.0 Å². The zero-order chi connectivity index (χ0) is 19.8. The first-order valence-electron chi connectivity index (χ1n) is 9.43. The number of thiophene rings is 2. The van der Waals surface area contributed by atoms with Crippen LogP contribution in [-0.2, 0) is 11.8 Å². The quantitative estimate of drug-likeness (QED) is 0.450. The van der Waals surface area contributed by atoms with Crippen LogP contribution >= 0.6 is 34.4 Å². The second-order valence-corrected chi connectivity index (χ2v) is 10.4. The number of hydrogen-bond donors (Lipinski definition) is 0.